The molecule has 1 aliphatic heterocycles. The number of likely N-dealkylation sites (tertiary alicyclic amines) is 1. The van der Waals surface area contributed by atoms with E-state index in [1.807, 2.05) is 0 Å². The average Bonchev–Trinajstić information content (AvgIpc) is 3.18. The third-order valence-electron chi connectivity index (χ3n) is 3.63. The Morgan fingerprint density at radius 2 is 1.82 bits per heavy atom. The highest BCUT2D eigenvalue weighted by Crippen LogP contribution is 2.10. The van der Waals surface area contributed by atoms with Crippen LogP contribution in [0.4, 0.5) is 0 Å². The van der Waals surface area contributed by atoms with Gasteiger partial charge in [0.2, 0.25) is 11.8 Å². The standard InChI is InChI=1S/C15H21N3O3S/c1-10(16-14(20)12-6-5-9-22-12)13(19)17-11(2)15(21)18-7-3-4-8-18/h5-6,9-11H,3-4,7-8H2,1-2H3,(H,16,20)(H,17,19)/t10-,11+/m1/s1. The second kappa shape index (κ2) is 7.40. The van der Waals surface area contributed by atoms with Crippen LogP contribution in [0.5, 0.6) is 0 Å². The summed E-state index contributed by atoms with van der Waals surface area (Å²) in [5.41, 5.74) is 0. The monoisotopic (exact) mass is 323 g/mol. The highest BCUT2D eigenvalue weighted by molar-refractivity contribution is 7.12. The summed E-state index contributed by atoms with van der Waals surface area (Å²) in [6, 6.07) is 2.21. The van der Waals surface area contributed by atoms with Crippen LogP contribution in [0.25, 0.3) is 0 Å². The maximum absolute atomic E-state index is 12.1. The van der Waals surface area contributed by atoms with Crippen molar-refractivity contribution in [1.82, 2.24) is 15.5 Å². The summed E-state index contributed by atoms with van der Waals surface area (Å²) in [5, 5.41) is 7.10. The summed E-state index contributed by atoms with van der Waals surface area (Å²) in [5.74, 6) is -0.705. The zero-order valence-electron chi connectivity index (χ0n) is 12.8. The number of thiophene rings is 1. The molecule has 22 heavy (non-hydrogen) atoms. The Kier molecular flexibility index (Phi) is 5.54. The van der Waals surface area contributed by atoms with E-state index in [4.69, 9.17) is 0 Å². The predicted molar refractivity (Wildman–Crippen MR) is 84.7 cm³/mol. The molecule has 0 aromatic carbocycles. The molecule has 2 N–H and O–H groups in total. The molecule has 2 rings (SSSR count). The molecule has 2 heterocycles. The zero-order valence-corrected chi connectivity index (χ0v) is 13.6. The lowest BCUT2D eigenvalue weighted by molar-refractivity contribution is -0.135. The highest BCUT2D eigenvalue weighted by atomic mass is 32.1. The number of carbonyl (C=O) groups excluding carboxylic acids is 3. The van der Waals surface area contributed by atoms with Crippen LogP contribution in [-0.2, 0) is 9.59 Å². The first kappa shape index (κ1) is 16.5. The van der Waals surface area contributed by atoms with Crippen LogP contribution in [0, 0.1) is 0 Å². The molecule has 1 aliphatic rings. The molecule has 3 amide bonds. The van der Waals surface area contributed by atoms with Gasteiger partial charge in [0.15, 0.2) is 0 Å². The fraction of sp³-hybridized carbons (Fsp3) is 0.533. The largest absolute Gasteiger partial charge is 0.343 e. The van der Waals surface area contributed by atoms with Gasteiger partial charge in [-0.15, -0.1) is 11.3 Å². The maximum Gasteiger partial charge on any atom is 0.261 e. The molecule has 1 aromatic heterocycles. The quantitative estimate of drug-likeness (QED) is 0.848. The number of rotatable bonds is 5. The number of hydrogen-bond acceptors (Lipinski definition) is 4. The number of nitrogens with one attached hydrogen (secondary N) is 2. The van der Waals surface area contributed by atoms with Crippen molar-refractivity contribution in [3.8, 4) is 0 Å². The molecule has 0 bridgehead atoms. The van der Waals surface area contributed by atoms with Crippen molar-refractivity contribution >= 4 is 29.1 Å². The Morgan fingerprint density at radius 1 is 1.14 bits per heavy atom. The molecule has 0 aliphatic carbocycles. The molecular weight excluding hydrogens is 302 g/mol. The Hall–Kier alpha value is -1.89. The SMILES string of the molecule is C[C@H](NC(=O)[C@@H](C)NC(=O)c1cccs1)C(=O)N1CCCC1. The number of carbonyl (C=O) groups is 3. The van der Waals surface area contributed by atoms with Crippen molar-refractivity contribution in [2.45, 2.75) is 38.8 Å². The lowest BCUT2D eigenvalue weighted by atomic mass is 10.2. The fourth-order valence-corrected chi connectivity index (χ4v) is 2.98. The van der Waals surface area contributed by atoms with Gasteiger partial charge in [0.05, 0.1) is 4.88 Å². The molecule has 0 saturated carbocycles. The Labute approximate surface area is 133 Å². The van der Waals surface area contributed by atoms with Gasteiger partial charge in [-0.25, -0.2) is 0 Å². The average molecular weight is 323 g/mol. The molecule has 1 aromatic rings. The number of hydrogen-bond donors (Lipinski definition) is 2. The van der Waals surface area contributed by atoms with E-state index in [-0.39, 0.29) is 17.7 Å². The Morgan fingerprint density at radius 3 is 2.41 bits per heavy atom. The van der Waals surface area contributed by atoms with E-state index in [2.05, 4.69) is 10.6 Å². The van der Waals surface area contributed by atoms with Crippen molar-refractivity contribution in [2.24, 2.45) is 0 Å². The number of amides is 3. The van der Waals surface area contributed by atoms with Gasteiger partial charge < -0.3 is 15.5 Å². The molecular formula is C15H21N3O3S. The molecule has 0 radical (unpaired) electrons. The van der Waals surface area contributed by atoms with E-state index >= 15 is 0 Å². The van der Waals surface area contributed by atoms with Gasteiger partial charge in [-0.05, 0) is 38.1 Å². The fourth-order valence-electron chi connectivity index (χ4n) is 2.35. The van der Waals surface area contributed by atoms with Crippen LogP contribution in [0.15, 0.2) is 17.5 Å². The van der Waals surface area contributed by atoms with Gasteiger partial charge in [-0.1, -0.05) is 6.07 Å². The lowest BCUT2D eigenvalue weighted by Gasteiger charge is -2.22. The van der Waals surface area contributed by atoms with Crippen LogP contribution in [0.3, 0.4) is 0 Å². The molecule has 1 fully saturated rings. The molecule has 120 valence electrons. The van der Waals surface area contributed by atoms with Crippen molar-refractivity contribution in [3.05, 3.63) is 22.4 Å². The van der Waals surface area contributed by atoms with E-state index in [1.54, 1.807) is 36.3 Å². The first-order valence-corrected chi connectivity index (χ1v) is 8.30. The van der Waals surface area contributed by atoms with E-state index < -0.39 is 12.1 Å². The normalized spacial score (nSPS) is 16.9. The highest BCUT2D eigenvalue weighted by Gasteiger charge is 2.26. The number of nitrogens with zero attached hydrogens (tertiary/aromatic N) is 1. The van der Waals surface area contributed by atoms with E-state index in [0.717, 1.165) is 25.9 Å². The summed E-state index contributed by atoms with van der Waals surface area (Å²) >= 11 is 1.32. The zero-order chi connectivity index (χ0) is 16.1. The minimum Gasteiger partial charge on any atom is -0.343 e. The van der Waals surface area contributed by atoms with Crippen LogP contribution >= 0.6 is 11.3 Å². The predicted octanol–water partition coefficient (Wildman–Crippen LogP) is 0.993. The molecule has 0 unspecified atom stereocenters. The summed E-state index contributed by atoms with van der Waals surface area (Å²) < 4.78 is 0. The topological polar surface area (TPSA) is 78.5 Å². The molecule has 7 heteroatoms. The summed E-state index contributed by atoms with van der Waals surface area (Å²) in [7, 11) is 0. The third kappa shape index (κ3) is 4.07. The first-order chi connectivity index (χ1) is 10.5. The van der Waals surface area contributed by atoms with Gasteiger partial charge in [0.25, 0.3) is 5.91 Å². The van der Waals surface area contributed by atoms with Gasteiger partial charge in [0.1, 0.15) is 12.1 Å². The van der Waals surface area contributed by atoms with Crippen LogP contribution in [0.1, 0.15) is 36.4 Å². The van der Waals surface area contributed by atoms with Gasteiger partial charge >= 0.3 is 0 Å². The van der Waals surface area contributed by atoms with Gasteiger partial charge in [-0.2, -0.15) is 0 Å². The van der Waals surface area contributed by atoms with Crippen molar-refractivity contribution in [2.75, 3.05) is 13.1 Å². The van der Waals surface area contributed by atoms with Gasteiger partial charge in [-0.3, -0.25) is 14.4 Å². The van der Waals surface area contributed by atoms with E-state index in [9.17, 15) is 14.4 Å². The van der Waals surface area contributed by atoms with Crippen LogP contribution in [0.2, 0.25) is 0 Å². The molecule has 2 atom stereocenters. The molecule has 6 nitrogen and oxygen atoms in total. The maximum atomic E-state index is 12.1. The van der Waals surface area contributed by atoms with Crippen molar-refractivity contribution in [1.29, 1.82) is 0 Å². The first-order valence-electron chi connectivity index (χ1n) is 7.42. The van der Waals surface area contributed by atoms with Crippen LogP contribution in [-0.4, -0.2) is 47.8 Å². The van der Waals surface area contributed by atoms with Crippen LogP contribution < -0.4 is 10.6 Å². The third-order valence-corrected chi connectivity index (χ3v) is 4.50. The van der Waals surface area contributed by atoms with Crippen molar-refractivity contribution in [3.63, 3.8) is 0 Å². The summed E-state index contributed by atoms with van der Waals surface area (Å²) in [6.45, 7) is 4.79. The molecule has 1 saturated heterocycles. The van der Waals surface area contributed by atoms with Gasteiger partial charge in [0, 0.05) is 13.1 Å². The summed E-state index contributed by atoms with van der Waals surface area (Å²) in [4.78, 5) is 38.4. The smallest absolute Gasteiger partial charge is 0.261 e. The lowest BCUT2D eigenvalue weighted by Crippen LogP contribution is -2.52. The van der Waals surface area contributed by atoms with Crippen molar-refractivity contribution < 1.29 is 14.4 Å². The Bertz CT molecular complexity index is 538. The minimum absolute atomic E-state index is 0.0670. The summed E-state index contributed by atoms with van der Waals surface area (Å²) in [6.07, 6.45) is 2.03. The molecule has 0 spiro atoms. The Balaban J connectivity index is 1.82. The second-order valence-corrected chi connectivity index (χ2v) is 6.38. The van der Waals surface area contributed by atoms with E-state index in [0.29, 0.717) is 4.88 Å². The second-order valence-electron chi connectivity index (χ2n) is 5.44. The van der Waals surface area contributed by atoms with E-state index in [1.165, 1.54) is 11.3 Å². The minimum atomic E-state index is -0.691.